The molecule has 0 spiro atoms. The van der Waals surface area contributed by atoms with Crippen molar-refractivity contribution in [2.45, 2.75) is 13.3 Å². The first kappa shape index (κ1) is 12.4. The van der Waals surface area contributed by atoms with Crippen LogP contribution in [0.15, 0.2) is 16.9 Å². The largest absolute Gasteiger partial charge is 0.388 e. The normalized spacial score (nSPS) is 10.3. The van der Waals surface area contributed by atoms with Gasteiger partial charge in [0.05, 0.1) is 12.4 Å². The molecule has 2 rings (SSSR count). The predicted octanol–water partition coefficient (Wildman–Crippen LogP) is 0.457. The van der Waals surface area contributed by atoms with E-state index < -0.39 is 0 Å². The predicted molar refractivity (Wildman–Crippen MR) is 69.1 cm³/mol. The maximum atomic E-state index is 5.42. The zero-order chi connectivity index (χ0) is 13.0. The van der Waals surface area contributed by atoms with Gasteiger partial charge in [-0.05, 0) is 0 Å². The SMILES string of the molecule is Cc1nc(CCNc2cnc(C(N)=S)cn2)no1. The van der Waals surface area contributed by atoms with Crippen LogP contribution in [-0.2, 0) is 6.42 Å². The monoisotopic (exact) mass is 264 g/mol. The number of rotatable bonds is 5. The van der Waals surface area contributed by atoms with Crippen molar-refractivity contribution in [1.82, 2.24) is 20.1 Å². The summed E-state index contributed by atoms with van der Waals surface area (Å²) < 4.78 is 4.86. The maximum Gasteiger partial charge on any atom is 0.223 e. The highest BCUT2D eigenvalue weighted by atomic mass is 32.1. The molecule has 7 nitrogen and oxygen atoms in total. The van der Waals surface area contributed by atoms with Gasteiger partial charge in [0, 0.05) is 19.9 Å². The number of aryl methyl sites for hydroxylation is 1. The zero-order valence-corrected chi connectivity index (χ0v) is 10.6. The summed E-state index contributed by atoms with van der Waals surface area (Å²) in [6.07, 6.45) is 3.76. The summed E-state index contributed by atoms with van der Waals surface area (Å²) >= 11 is 4.79. The summed E-state index contributed by atoms with van der Waals surface area (Å²) in [6, 6.07) is 0. The Balaban J connectivity index is 1.85. The number of nitrogens with two attached hydrogens (primary N) is 1. The average molecular weight is 264 g/mol. The number of hydrogen-bond acceptors (Lipinski definition) is 7. The summed E-state index contributed by atoms with van der Waals surface area (Å²) in [5, 5.41) is 6.88. The molecule has 0 unspecified atom stereocenters. The van der Waals surface area contributed by atoms with Gasteiger partial charge in [0.15, 0.2) is 5.82 Å². The molecule has 0 saturated heterocycles. The van der Waals surface area contributed by atoms with Crippen LogP contribution in [0.4, 0.5) is 5.82 Å². The van der Waals surface area contributed by atoms with E-state index in [1.54, 1.807) is 13.1 Å². The van der Waals surface area contributed by atoms with E-state index >= 15 is 0 Å². The Labute approximate surface area is 109 Å². The average Bonchev–Trinajstić information content (AvgIpc) is 2.76. The number of nitrogens with zero attached hydrogens (tertiary/aromatic N) is 4. The summed E-state index contributed by atoms with van der Waals surface area (Å²) in [5.74, 6) is 1.87. The third-order valence-corrected chi connectivity index (χ3v) is 2.34. The zero-order valence-electron chi connectivity index (χ0n) is 9.75. The van der Waals surface area contributed by atoms with Gasteiger partial charge in [0.25, 0.3) is 0 Å². The number of anilines is 1. The molecule has 0 aliphatic heterocycles. The van der Waals surface area contributed by atoms with Gasteiger partial charge in [-0.3, -0.25) is 0 Å². The molecule has 2 heterocycles. The van der Waals surface area contributed by atoms with E-state index in [0.29, 0.717) is 36.2 Å². The molecule has 0 radical (unpaired) electrons. The molecule has 18 heavy (non-hydrogen) atoms. The molecule has 0 aliphatic carbocycles. The molecule has 94 valence electrons. The van der Waals surface area contributed by atoms with Crippen LogP contribution in [0.1, 0.15) is 17.4 Å². The lowest BCUT2D eigenvalue weighted by molar-refractivity contribution is 0.387. The highest BCUT2D eigenvalue weighted by molar-refractivity contribution is 7.80. The lowest BCUT2D eigenvalue weighted by atomic mass is 10.4. The van der Waals surface area contributed by atoms with E-state index in [4.69, 9.17) is 22.5 Å². The van der Waals surface area contributed by atoms with Crippen molar-refractivity contribution in [2.24, 2.45) is 5.73 Å². The molecular weight excluding hydrogens is 252 g/mol. The van der Waals surface area contributed by atoms with Gasteiger partial charge >= 0.3 is 0 Å². The Morgan fingerprint density at radius 3 is 2.83 bits per heavy atom. The Kier molecular flexibility index (Phi) is 3.78. The molecule has 0 amide bonds. The van der Waals surface area contributed by atoms with Crippen LogP contribution < -0.4 is 11.1 Å². The maximum absolute atomic E-state index is 5.42. The van der Waals surface area contributed by atoms with Gasteiger partial charge in [0.1, 0.15) is 16.5 Å². The molecule has 0 aromatic carbocycles. The Morgan fingerprint density at radius 2 is 2.28 bits per heavy atom. The molecule has 0 fully saturated rings. The van der Waals surface area contributed by atoms with E-state index in [0.717, 1.165) is 0 Å². The fourth-order valence-electron chi connectivity index (χ4n) is 1.29. The molecule has 0 atom stereocenters. The quantitative estimate of drug-likeness (QED) is 0.751. The summed E-state index contributed by atoms with van der Waals surface area (Å²) in [6.45, 7) is 2.39. The standard InChI is InChI=1S/C10H12N6OS/c1-6-15-8(16-17-6)2-3-12-9-5-13-7(4-14-9)10(11)18/h4-5H,2-3H2,1H3,(H2,11,18)(H,12,14). The fourth-order valence-corrected chi connectivity index (χ4v) is 1.40. The third-order valence-electron chi connectivity index (χ3n) is 2.13. The van der Waals surface area contributed by atoms with Crippen LogP contribution in [0.2, 0.25) is 0 Å². The lowest BCUT2D eigenvalue weighted by Gasteiger charge is -2.03. The first-order chi connectivity index (χ1) is 8.65. The number of thiocarbonyl (C=S) groups is 1. The van der Waals surface area contributed by atoms with Crippen LogP contribution >= 0.6 is 12.2 Å². The van der Waals surface area contributed by atoms with Crippen molar-refractivity contribution >= 4 is 23.0 Å². The third kappa shape index (κ3) is 3.20. The summed E-state index contributed by atoms with van der Waals surface area (Å²) in [7, 11) is 0. The minimum absolute atomic E-state index is 0.233. The highest BCUT2D eigenvalue weighted by Gasteiger charge is 2.03. The van der Waals surface area contributed by atoms with Gasteiger partial charge in [0.2, 0.25) is 5.89 Å². The van der Waals surface area contributed by atoms with Crippen LogP contribution in [0.5, 0.6) is 0 Å². The van der Waals surface area contributed by atoms with Crippen LogP contribution in [0, 0.1) is 6.92 Å². The smallest absolute Gasteiger partial charge is 0.223 e. The number of aromatic nitrogens is 4. The molecule has 8 heteroatoms. The molecule has 3 N–H and O–H groups in total. The molecule has 0 bridgehead atoms. The van der Waals surface area contributed by atoms with Gasteiger partial charge < -0.3 is 15.6 Å². The minimum Gasteiger partial charge on any atom is -0.388 e. The van der Waals surface area contributed by atoms with Gasteiger partial charge in [-0.25, -0.2) is 9.97 Å². The highest BCUT2D eigenvalue weighted by Crippen LogP contribution is 2.02. The minimum atomic E-state index is 0.233. The Morgan fingerprint density at radius 1 is 1.44 bits per heavy atom. The van der Waals surface area contributed by atoms with Crippen molar-refractivity contribution in [3.05, 3.63) is 29.8 Å². The second kappa shape index (κ2) is 5.50. The van der Waals surface area contributed by atoms with E-state index in [9.17, 15) is 0 Å². The first-order valence-corrected chi connectivity index (χ1v) is 5.71. The van der Waals surface area contributed by atoms with E-state index in [1.807, 2.05) is 0 Å². The molecule has 2 aromatic heterocycles. The van der Waals surface area contributed by atoms with Gasteiger partial charge in [-0.1, -0.05) is 17.4 Å². The van der Waals surface area contributed by atoms with Crippen molar-refractivity contribution in [1.29, 1.82) is 0 Å². The molecular formula is C10H12N6OS. The topological polar surface area (TPSA) is 103 Å². The van der Waals surface area contributed by atoms with Crippen molar-refractivity contribution < 1.29 is 4.52 Å². The van der Waals surface area contributed by atoms with Crippen molar-refractivity contribution in [3.8, 4) is 0 Å². The van der Waals surface area contributed by atoms with Gasteiger partial charge in [-0.15, -0.1) is 0 Å². The van der Waals surface area contributed by atoms with Crippen molar-refractivity contribution in [2.75, 3.05) is 11.9 Å². The van der Waals surface area contributed by atoms with Crippen molar-refractivity contribution in [3.63, 3.8) is 0 Å². The Bertz CT molecular complexity index is 538. The van der Waals surface area contributed by atoms with E-state index in [2.05, 4.69) is 25.4 Å². The summed E-state index contributed by atoms with van der Waals surface area (Å²) in [5.41, 5.74) is 5.93. The fraction of sp³-hybridized carbons (Fsp3) is 0.300. The summed E-state index contributed by atoms with van der Waals surface area (Å²) in [4.78, 5) is 12.5. The second-order valence-electron chi connectivity index (χ2n) is 3.56. The first-order valence-electron chi connectivity index (χ1n) is 5.30. The molecule has 0 saturated carbocycles. The van der Waals surface area contributed by atoms with E-state index in [-0.39, 0.29) is 4.99 Å². The van der Waals surface area contributed by atoms with Crippen LogP contribution in [0.25, 0.3) is 0 Å². The molecule has 0 aliphatic rings. The lowest BCUT2D eigenvalue weighted by Crippen LogP contribution is -2.13. The second-order valence-corrected chi connectivity index (χ2v) is 4.00. The van der Waals surface area contributed by atoms with Gasteiger partial charge in [-0.2, -0.15) is 4.98 Å². The van der Waals surface area contributed by atoms with Crippen LogP contribution in [-0.4, -0.2) is 31.6 Å². The van der Waals surface area contributed by atoms with E-state index in [1.165, 1.54) is 6.20 Å². The molecule has 2 aromatic rings. The number of nitrogens with one attached hydrogen (secondary N) is 1. The number of hydrogen-bond donors (Lipinski definition) is 2. The van der Waals surface area contributed by atoms with Crippen LogP contribution in [0.3, 0.4) is 0 Å². The Hall–Kier alpha value is -2.09.